The molecule has 1 aliphatic rings. The number of aromatic amines is 1. The van der Waals surface area contributed by atoms with Gasteiger partial charge in [-0.15, -0.1) is 11.3 Å². The van der Waals surface area contributed by atoms with Gasteiger partial charge in [0.1, 0.15) is 5.01 Å². The van der Waals surface area contributed by atoms with Crippen molar-refractivity contribution in [1.82, 2.24) is 9.97 Å². The molecule has 0 fully saturated rings. The average Bonchev–Trinajstić information content (AvgIpc) is 3.29. The lowest BCUT2D eigenvalue weighted by Crippen LogP contribution is -2.08. The van der Waals surface area contributed by atoms with Crippen molar-refractivity contribution in [3.8, 4) is 33.3 Å². The van der Waals surface area contributed by atoms with Crippen molar-refractivity contribution in [3.63, 3.8) is 0 Å². The highest BCUT2D eigenvalue weighted by atomic mass is 32.1. The fraction of sp³-hybridized carbons (Fsp3) is 0.0526. The Morgan fingerprint density at radius 3 is 2.88 bits per heavy atom. The molecule has 0 aliphatic carbocycles. The summed E-state index contributed by atoms with van der Waals surface area (Å²) in [6.07, 6.45) is 0. The number of hydrogen-bond donors (Lipinski definition) is 1. The molecule has 5 nitrogen and oxygen atoms in total. The number of thiazole rings is 1. The van der Waals surface area contributed by atoms with Crippen LogP contribution in [0.1, 0.15) is 0 Å². The first kappa shape index (κ1) is 14.2. The summed E-state index contributed by atoms with van der Waals surface area (Å²) >= 11 is 1.50. The Labute approximate surface area is 146 Å². The van der Waals surface area contributed by atoms with Crippen molar-refractivity contribution >= 4 is 22.2 Å². The highest BCUT2D eigenvalue weighted by Crippen LogP contribution is 2.37. The fourth-order valence-corrected chi connectivity index (χ4v) is 3.71. The van der Waals surface area contributed by atoms with Gasteiger partial charge in [0.05, 0.1) is 11.3 Å². The number of pyridine rings is 1. The largest absolute Gasteiger partial charge is 0.454 e. The first-order valence-corrected chi connectivity index (χ1v) is 8.64. The smallest absolute Gasteiger partial charge is 0.257 e. The molecule has 0 spiro atoms. The quantitative estimate of drug-likeness (QED) is 0.594. The highest BCUT2D eigenvalue weighted by molar-refractivity contribution is 7.13. The van der Waals surface area contributed by atoms with Gasteiger partial charge in [-0.1, -0.05) is 18.2 Å². The maximum absolute atomic E-state index is 12.4. The summed E-state index contributed by atoms with van der Waals surface area (Å²) in [7, 11) is 0. The van der Waals surface area contributed by atoms with Crippen LogP contribution in [0.5, 0.6) is 11.5 Å². The van der Waals surface area contributed by atoms with Gasteiger partial charge in [-0.25, -0.2) is 4.98 Å². The van der Waals surface area contributed by atoms with E-state index >= 15 is 0 Å². The van der Waals surface area contributed by atoms with E-state index in [0.29, 0.717) is 11.3 Å². The molecule has 0 atom stereocenters. The van der Waals surface area contributed by atoms with Gasteiger partial charge in [-0.05, 0) is 35.7 Å². The van der Waals surface area contributed by atoms with E-state index in [9.17, 15) is 4.79 Å². The van der Waals surface area contributed by atoms with Crippen molar-refractivity contribution in [3.05, 3.63) is 64.3 Å². The topological polar surface area (TPSA) is 64.2 Å². The third-order valence-electron chi connectivity index (χ3n) is 4.15. The number of nitrogens with one attached hydrogen (secondary N) is 1. The highest BCUT2D eigenvalue weighted by Gasteiger charge is 2.16. The van der Waals surface area contributed by atoms with Crippen LogP contribution in [-0.4, -0.2) is 16.8 Å². The summed E-state index contributed by atoms with van der Waals surface area (Å²) < 4.78 is 10.8. The van der Waals surface area contributed by atoms with Crippen molar-refractivity contribution in [2.75, 3.05) is 6.79 Å². The number of fused-ring (bicyclic) bond motifs is 2. The van der Waals surface area contributed by atoms with Gasteiger partial charge in [0, 0.05) is 16.5 Å². The molecule has 0 saturated carbocycles. The minimum atomic E-state index is -0.138. The van der Waals surface area contributed by atoms with Gasteiger partial charge in [0.25, 0.3) is 5.56 Å². The number of rotatable bonds is 2. The number of nitrogens with zero attached hydrogens (tertiary/aromatic N) is 1. The Bertz CT molecular complexity index is 1160. The number of aromatic nitrogens is 2. The van der Waals surface area contributed by atoms with Gasteiger partial charge in [0.2, 0.25) is 6.79 Å². The molecule has 25 heavy (non-hydrogen) atoms. The van der Waals surface area contributed by atoms with Gasteiger partial charge >= 0.3 is 0 Å². The molecule has 2 aromatic carbocycles. The van der Waals surface area contributed by atoms with E-state index in [1.54, 1.807) is 0 Å². The lowest BCUT2D eigenvalue weighted by molar-refractivity contribution is 0.174. The second-order valence-electron chi connectivity index (χ2n) is 5.71. The molecule has 1 N–H and O–H groups in total. The zero-order valence-electron chi connectivity index (χ0n) is 13.0. The average molecular weight is 348 g/mol. The molecule has 4 aromatic rings. The van der Waals surface area contributed by atoms with Crippen LogP contribution < -0.4 is 15.0 Å². The summed E-state index contributed by atoms with van der Waals surface area (Å²) in [5, 5.41) is 3.72. The van der Waals surface area contributed by atoms with Crippen LogP contribution in [0, 0.1) is 0 Å². The van der Waals surface area contributed by atoms with E-state index in [1.165, 1.54) is 11.3 Å². The monoisotopic (exact) mass is 348 g/mol. The number of benzene rings is 2. The normalized spacial score (nSPS) is 12.6. The molecular weight excluding hydrogens is 336 g/mol. The van der Waals surface area contributed by atoms with Crippen LogP contribution in [0.15, 0.2) is 58.7 Å². The Morgan fingerprint density at radius 2 is 1.92 bits per heavy atom. The van der Waals surface area contributed by atoms with Crippen LogP contribution in [-0.2, 0) is 0 Å². The molecule has 3 heterocycles. The SMILES string of the molecule is O=c1[nH]c2ccccc2cc1-c1csc(-c2ccc3c(c2)OCO3)n1. The molecule has 1 aliphatic heterocycles. The minimum absolute atomic E-state index is 0.138. The number of H-pyrrole nitrogens is 1. The molecule has 0 unspecified atom stereocenters. The second kappa shape index (κ2) is 5.46. The molecule has 0 amide bonds. The van der Waals surface area contributed by atoms with Crippen LogP contribution in [0.4, 0.5) is 0 Å². The summed E-state index contributed by atoms with van der Waals surface area (Å²) in [4.78, 5) is 20.0. The standard InChI is InChI=1S/C19H12N2O3S/c22-18-13(7-11-3-1-2-4-14(11)20-18)15-9-25-19(21-15)12-5-6-16-17(8-12)24-10-23-16/h1-9H,10H2,(H,20,22). The van der Waals surface area contributed by atoms with Gasteiger partial charge < -0.3 is 14.5 Å². The maximum Gasteiger partial charge on any atom is 0.257 e. The predicted molar refractivity (Wildman–Crippen MR) is 97.2 cm³/mol. The van der Waals surface area contributed by atoms with Crippen molar-refractivity contribution < 1.29 is 9.47 Å². The minimum Gasteiger partial charge on any atom is -0.454 e. The molecular formula is C19H12N2O3S. The fourth-order valence-electron chi connectivity index (χ4n) is 2.90. The summed E-state index contributed by atoms with van der Waals surface area (Å²) in [6, 6.07) is 15.3. The number of hydrogen-bond acceptors (Lipinski definition) is 5. The lowest BCUT2D eigenvalue weighted by Gasteiger charge is -2.01. The van der Waals surface area contributed by atoms with Gasteiger partial charge in [0.15, 0.2) is 11.5 Å². The van der Waals surface area contributed by atoms with E-state index in [0.717, 1.165) is 33.0 Å². The van der Waals surface area contributed by atoms with E-state index in [2.05, 4.69) is 9.97 Å². The molecule has 0 radical (unpaired) electrons. The van der Waals surface area contributed by atoms with Crippen molar-refractivity contribution in [2.45, 2.75) is 0 Å². The number of ether oxygens (including phenoxy) is 2. The van der Waals surface area contributed by atoms with E-state index in [4.69, 9.17) is 9.47 Å². The number of para-hydroxylation sites is 1. The summed E-state index contributed by atoms with van der Waals surface area (Å²) in [5.41, 5.74) is 2.87. The van der Waals surface area contributed by atoms with E-state index in [1.807, 2.05) is 53.9 Å². The van der Waals surface area contributed by atoms with Crippen LogP contribution in [0.3, 0.4) is 0 Å². The van der Waals surface area contributed by atoms with Crippen molar-refractivity contribution in [2.24, 2.45) is 0 Å². The molecule has 0 saturated heterocycles. The Hall–Kier alpha value is -3.12. The maximum atomic E-state index is 12.4. The van der Waals surface area contributed by atoms with E-state index in [-0.39, 0.29) is 12.4 Å². The zero-order valence-corrected chi connectivity index (χ0v) is 13.8. The van der Waals surface area contributed by atoms with Crippen LogP contribution in [0.25, 0.3) is 32.7 Å². The summed E-state index contributed by atoms with van der Waals surface area (Å²) in [6.45, 7) is 0.244. The third kappa shape index (κ3) is 2.38. The third-order valence-corrected chi connectivity index (χ3v) is 5.04. The van der Waals surface area contributed by atoms with Gasteiger partial charge in [-0.3, -0.25) is 4.79 Å². The predicted octanol–water partition coefficient (Wildman–Crippen LogP) is 4.05. The zero-order chi connectivity index (χ0) is 16.8. The van der Waals surface area contributed by atoms with Crippen LogP contribution in [0.2, 0.25) is 0 Å². The Balaban J connectivity index is 1.59. The first-order chi connectivity index (χ1) is 12.3. The second-order valence-corrected chi connectivity index (χ2v) is 6.56. The van der Waals surface area contributed by atoms with Crippen LogP contribution >= 0.6 is 11.3 Å². The lowest BCUT2D eigenvalue weighted by atomic mass is 10.1. The first-order valence-electron chi connectivity index (χ1n) is 7.76. The molecule has 5 rings (SSSR count). The molecule has 2 aromatic heterocycles. The molecule has 6 heteroatoms. The Morgan fingerprint density at radius 1 is 1.04 bits per heavy atom. The molecule has 122 valence electrons. The van der Waals surface area contributed by atoms with Gasteiger partial charge in [-0.2, -0.15) is 0 Å². The summed E-state index contributed by atoms with van der Waals surface area (Å²) in [5.74, 6) is 1.46. The van der Waals surface area contributed by atoms with Crippen molar-refractivity contribution in [1.29, 1.82) is 0 Å². The molecule has 0 bridgehead atoms. The Kier molecular flexibility index (Phi) is 3.11. The van der Waals surface area contributed by atoms with E-state index < -0.39 is 0 Å².